The fourth-order valence-electron chi connectivity index (χ4n) is 4.98. The number of hydrogen-bond donors (Lipinski definition) is 2. The smallest absolute Gasteiger partial charge is 0.300 e. The highest BCUT2D eigenvalue weighted by Gasteiger charge is 2.17. The van der Waals surface area contributed by atoms with E-state index < -0.39 is 5.97 Å². The van der Waals surface area contributed by atoms with Crippen molar-refractivity contribution in [1.29, 1.82) is 0 Å². The van der Waals surface area contributed by atoms with E-state index in [9.17, 15) is 10.0 Å². The number of para-hydroxylation sites is 1. The van der Waals surface area contributed by atoms with E-state index in [4.69, 9.17) is 14.3 Å². The van der Waals surface area contributed by atoms with Crippen molar-refractivity contribution in [3.8, 4) is 0 Å². The number of hydroxylamine groups is 2. The summed E-state index contributed by atoms with van der Waals surface area (Å²) in [6.07, 6.45) is 15.8. The molecule has 42 heavy (non-hydrogen) atoms. The van der Waals surface area contributed by atoms with Gasteiger partial charge in [-0.1, -0.05) is 108 Å². The van der Waals surface area contributed by atoms with Gasteiger partial charge in [-0.2, -0.15) is 0 Å². The summed E-state index contributed by atoms with van der Waals surface area (Å²) in [6, 6.07) is 15.3. The molecule has 7 nitrogen and oxygen atoms in total. The SMILES string of the molecule is CC(=O)O.CCCCCCCCCCCCNC(=O)c1ccc(CN([O])Cc2c(CCCC)oc3ccccc23)cc1. The summed E-state index contributed by atoms with van der Waals surface area (Å²) >= 11 is 0. The number of aryl methyl sites for hydroxylation is 1. The molecule has 1 aromatic heterocycles. The van der Waals surface area contributed by atoms with Crippen LogP contribution >= 0.6 is 0 Å². The van der Waals surface area contributed by atoms with E-state index in [2.05, 4.69) is 19.2 Å². The standard InChI is InChI=1S/C33H47N2O3.C2H4O2/c1-3-5-7-8-9-10-11-12-13-16-24-34-33(36)28-22-20-27(21-23-28)25-35(37)26-30-29-17-14-15-19-31(29)38-32(30)18-6-4-2;1-2(3)4/h14-15,17,19-23H,3-13,16,18,24-26H2,1-2H3,(H,34,36);1H3,(H,3,4). The molecule has 2 N–H and O–H groups in total. The Bertz CT molecular complexity index is 1170. The predicted octanol–water partition coefficient (Wildman–Crippen LogP) is 8.86. The minimum Gasteiger partial charge on any atom is -0.481 e. The lowest BCUT2D eigenvalue weighted by Gasteiger charge is -2.13. The van der Waals surface area contributed by atoms with Crippen LogP contribution in [0.2, 0.25) is 0 Å². The van der Waals surface area contributed by atoms with Gasteiger partial charge in [0.2, 0.25) is 0 Å². The molecule has 3 rings (SSSR count). The van der Waals surface area contributed by atoms with Gasteiger partial charge in [-0.05, 0) is 36.6 Å². The molecule has 2 aromatic carbocycles. The number of amides is 1. The first kappa shape index (κ1) is 35.0. The summed E-state index contributed by atoms with van der Waals surface area (Å²) in [6.45, 7) is 6.77. The number of benzene rings is 2. The number of aliphatic carboxylic acids is 1. The van der Waals surface area contributed by atoms with Crippen LogP contribution in [-0.4, -0.2) is 28.6 Å². The first-order valence-corrected chi connectivity index (χ1v) is 15.8. The summed E-state index contributed by atoms with van der Waals surface area (Å²) < 4.78 is 6.07. The largest absolute Gasteiger partial charge is 0.481 e. The van der Waals surface area contributed by atoms with E-state index >= 15 is 0 Å². The molecule has 7 heteroatoms. The van der Waals surface area contributed by atoms with E-state index in [1.807, 2.05) is 48.5 Å². The Kier molecular flexibility index (Phi) is 17.2. The Balaban J connectivity index is 0.00000144. The van der Waals surface area contributed by atoms with Gasteiger partial charge in [0.1, 0.15) is 11.3 Å². The molecule has 3 aromatic rings. The molecule has 1 radical (unpaired) electrons. The van der Waals surface area contributed by atoms with Crippen LogP contribution in [0, 0.1) is 0 Å². The number of nitrogens with one attached hydrogen (secondary N) is 1. The quantitative estimate of drug-likeness (QED) is 0.109. The highest BCUT2D eigenvalue weighted by atomic mass is 16.5. The Hall–Kier alpha value is -3.16. The fraction of sp³-hybridized carbons (Fsp3) is 0.543. The number of hydrogen-bond acceptors (Lipinski definition) is 4. The molecule has 0 saturated carbocycles. The fourth-order valence-corrected chi connectivity index (χ4v) is 4.98. The van der Waals surface area contributed by atoms with Gasteiger partial charge in [-0.3, -0.25) is 9.59 Å². The molecule has 1 amide bonds. The Morgan fingerprint density at radius 2 is 1.36 bits per heavy atom. The van der Waals surface area contributed by atoms with Gasteiger partial charge in [-0.15, -0.1) is 10.3 Å². The molecule has 0 fully saturated rings. The van der Waals surface area contributed by atoms with Gasteiger partial charge < -0.3 is 14.8 Å². The summed E-state index contributed by atoms with van der Waals surface area (Å²) in [7, 11) is 0. The predicted molar refractivity (Wildman–Crippen MR) is 169 cm³/mol. The third-order valence-corrected chi connectivity index (χ3v) is 7.26. The molecule has 0 saturated heterocycles. The molecular weight excluding hydrogens is 528 g/mol. The van der Waals surface area contributed by atoms with E-state index in [1.165, 1.54) is 57.8 Å². The molecule has 0 atom stereocenters. The van der Waals surface area contributed by atoms with Gasteiger partial charge in [0.05, 0.1) is 13.1 Å². The van der Waals surface area contributed by atoms with Crippen molar-refractivity contribution in [2.75, 3.05) is 6.54 Å². The highest BCUT2D eigenvalue weighted by molar-refractivity contribution is 5.94. The number of carbonyl (C=O) groups excluding carboxylic acids is 1. The number of carboxylic acid groups (broad SMARTS) is 1. The van der Waals surface area contributed by atoms with Gasteiger partial charge in [0.15, 0.2) is 0 Å². The van der Waals surface area contributed by atoms with Gasteiger partial charge in [-0.25, -0.2) is 0 Å². The maximum Gasteiger partial charge on any atom is 0.300 e. The average molecular weight is 580 g/mol. The van der Waals surface area contributed by atoms with Crippen molar-refractivity contribution in [3.63, 3.8) is 0 Å². The van der Waals surface area contributed by atoms with Crippen LogP contribution in [0.3, 0.4) is 0 Å². The maximum atomic E-state index is 12.9. The van der Waals surface area contributed by atoms with Gasteiger partial charge in [0, 0.05) is 36.4 Å². The van der Waals surface area contributed by atoms with Crippen LogP contribution < -0.4 is 5.32 Å². The van der Waals surface area contributed by atoms with Crippen molar-refractivity contribution in [3.05, 3.63) is 71.0 Å². The monoisotopic (exact) mass is 579 g/mol. The average Bonchev–Trinajstić information content (AvgIpc) is 3.31. The molecule has 0 bridgehead atoms. The van der Waals surface area contributed by atoms with Crippen molar-refractivity contribution < 1.29 is 24.3 Å². The second-order valence-corrected chi connectivity index (χ2v) is 11.1. The van der Waals surface area contributed by atoms with E-state index in [0.29, 0.717) is 12.1 Å². The lowest BCUT2D eigenvalue weighted by atomic mass is 10.1. The zero-order valence-electron chi connectivity index (χ0n) is 26.0. The summed E-state index contributed by atoms with van der Waals surface area (Å²) in [5.74, 6) is 0.0419. The van der Waals surface area contributed by atoms with Crippen LogP contribution in [0.25, 0.3) is 11.0 Å². The number of carboxylic acids is 1. The number of unbranched alkanes of at least 4 members (excludes halogenated alkanes) is 10. The van der Waals surface area contributed by atoms with E-state index in [0.717, 1.165) is 65.5 Å². The molecule has 0 aliphatic heterocycles. The second kappa shape index (κ2) is 20.7. The normalized spacial score (nSPS) is 11.0. The summed E-state index contributed by atoms with van der Waals surface area (Å²) in [5.41, 5.74) is 3.37. The molecule has 1 heterocycles. The number of rotatable bonds is 19. The molecule has 0 spiro atoms. The molecule has 0 unspecified atom stereocenters. The number of fused-ring (bicyclic) bond motifs is 1. The van der Waals surface area contributed by atoms with Crippen molar-refractivity contribution >= 4 is 22.8 Å². The molecular formula is C35H51N2O5. The zero-order chi connectivity index (χ0) is 30.6. The zero-order valence-corrected chi connectivity index (χ0v) is 26.0. The van der Waals surface area contributed by atoms with Crippen molar-refractivity contribution in [2.24, 2.45) is 0 Å². The van der Waals surface area contributed by atoms with Crippen LogP contribution in [0.5, 0.6) is 0 Å². The van der Waals surface area contributed by atoms with Gasteiger partial charge >= 0.3 is 0 Å². The summed E-state index contributed by atoms with van der Waals surface area (Å²) in [5, 5.41) is 25.4. The minimum absolute atomic E-state index is 0.0445. The summed E-state index contributed by atoms with van der Waals surface area (Å²) in [4.78, 5) is 21.5. The number of nitrogens with zero attached hydrogens (tertiary/aromatic N) is 1. The van der Waals surface area contributed by atoms with Crippen molar-refractivity contribution in [2.45, 2.75) is 117 Å². The van der Waals surface area contributed by atoms with Crippen molar-refractivity contribution in [1.82, 2.24) is 10.4 Å². The van der Waals surface area contributed by atoms with E-state index in [1.54, 1.807) is 0 Å². The lowest BCUT2D eigenvalue weighted by Crippen LogP contribution is -2.24. The first-order chi connectivity index (χ1) is 20.3. The third kappa shape index (κ3) is 13.7. The highest BCUT2D eigenvalue weighted by Crippen LogP contribution is 2.28. The molecule has 0 aliphatic rings. The van der Waals surface area contributed by atoms with Crippen LogP contribution in [0.4, 0.5) is 0 Å². The number of furan rings is 1. The van der Waals surface area contributed by atoms with Crippen LogP contribution in [0.15, 0.2) is 52.9 Å². The Morgan fingerprint density at radius 1 is 0.786 bits per heavy atom. The second-order valence-electron chi connectivity index (χ2n) is 11.1. The molecule has 231 valence electrons. The first-order valence-electron chi connectivity index (χ1n) is 15.8. The van der Waals surface area contributed by atoms with Crippen LogP contribution in [0.1, 0.15) is 125 Å². The Labute approximate surface area is 252 Å². The topological polar surface area (TPSA) is 103 Å². The molecule has 0 aliphatic carbocycles. The Morgan fingerprint density at radius 3 is 1.98 bits per heavy atom. The maximum absolute atomic E-state index is 12.9. The number of carbonyl (C=O) groups is 2. The van der Waals surface area contributed by atoms with E-state index in [-0.39, 0.29) is 19.0 Å². The third-order valence-electron chi connectivity index (χ3n) is 7.26. The van der Waals surface area contributed by atoms with Gasteiger partial charge in [0.25, 0.3) is 11.9 Å². The lowest BCUT2D eigenvalue weighted by molar-refractivity contribution is -0.172. The minimum atomic E-state index is -0.833. The van der Waals surface area contributed by atoms with Crippen LogP contribution in [-0.2, 0) is 29.5 Å².